The molecule has 1 aromatic rings. The third kappa shape index (κ3) is 3.47. The van der Waals surface area contributed by atoms with E-state index in [0.717, 1.165) is 39.0 Å². The molecule has 136 valence electrons. The SMILES string of the molecule is CC(C)N1CC(C2CCN(Cc3ccccc3)CC2)OC2(CC2)C1=O. The lowest BCUT2D eigenvalue weighted by Gasteiger charge is -2.45. The van der Waals surface area contributed by atoms with E-state index >= 15 is 0 Å². The normalized spacial score (nSPS) is 27.2. The van der Waals surface area contributed by atoms with Crippen LogP contribution in [0.4, 0.5) is 0 Å². The molecule has 0 N–H and O–H groups in total. The van der Waals surface area contributed by atoms with Crippen LogP contribution in [-0.4, -0.2) is 53.1 Å². The molecule has 2 heterocycles. The first-order chi connectivity index (χ1) is 12.1. The van der Waals surface area contributed by atoms with Crippen LogP contribution in [0.5, 0.6) is 0 Å². The van der Waals surface area contributed by atoms with Crippen molar-refractivity contribution in [3.63, 3.8) is 0 Å². The standard InChI is InChI=1S/C21H30N2O2/c1-16(2)23-15-19(25-21(10-11-21)20(23)24)18-8-12-22(13-9-18)14-17-6-4-3-5-7-17/h3-7,16,18-19H,8-15H2,1-2H3. The summed E-state index contributed by atoms with van der Waals surface area (Å²) in [5.74, 6) is 0.819. The van der Waals surface area contributed by atoms with Gasteiger partial charge in [-0.15, -0.1) is 0 Å². The van der Waals surface area contributed by atoms with Gasteiger partial charge in [-0.25, -0.2) is 0 Å². The van der Waals surface area contributed by atoms with Crippen LogP contribution in [-0.2, 0) is 16.1 Å². The highest BCUT2D eigenvalue weighted by atomic mass is 16.5. The second-order valence-corrected chi connectivity index (χ2v) is 8.30. The van der Waals surface area contributed by atoms with Crippen molar-refractivity contribution in [2.24, 2.45) is 5.92 Å². The van der Waals surface area contributed by atoms with Gasteiger partial charge in [-0.1, -0.05) is 30.3 Å². The van der Waals surface area contributed by atoms with Gasteiger partial charge in [0.1, 0.15) is 5.60 Å². The van der Waals surface area contributed by atoms with Gasteiger partial charge in [0, 0.05) is 19.1 Å². The number of nitrogens with zero attached hydrogens (tertiary/aromatic N) is 2. The van der Waals surface area contributed by atoms with Crippen molar-refractivity contribution in [3.05, 3.63) is 35.9 Å². The molecule has 1 unspecified atom stereocenters. The van der Waals surface area contributed by atoms with Crippen LogP contribution >= 0.6 is 0 Å². The molecule has 1 amide bonds. The van der Waals surface area contributed by atoms with Crippen molar-refractivity contribution in [2.75, 3.05) is 19.6 Å². The van der Waals surface area contributed by atoms with Crippen molar-refractivity contribution < 1.29 is 9.53 Å². The maximum absolute atomic E-state index is 12.6. The molecule has 3 fully saturated rings. The van der Waals surface area contributed by atoms with Crippen LogP contribution in [0.25, 0.3) is 0 Å². The Kier molecular flexibility index (Phi) is 4.59. The number of carbonyl (C=O) groups excluding carboxylic acids is 1. The Morgan fingerprint density at radius 2 is 1.84 bits per heavy atom. The van der Waals surface area contributed by atoms with Crippen LogP contribution in [0.15, 0.2) is 30.3 Å². The molecule has 1 aliphatic carbocycles. The lowest BCUT2D eigenvalue weighted by molar-refractivity contribution is -0.177. The third-order valence-corrected chi connectivity index (χ3v) is 6.14. The predicted molar refractivity (Wildman–Crippen MR) is 98.1 cm³/mol. The average Bonchev–Trinajstić information content (AvgIpc) is 3.39. The second kappa shape index (κ2) is 6.73. The summed E-state index contributed by atoms with van der Waals surface area (Å²) in [4.78, 5) is 17.2. The Bertz CT molecular complexity index is 604. The van der Waals surface area contributed by atoms with Crippen LogP contribution in [0.2, 0.25) is 0 Å². The van der Waals surface area contributed by atoms with E-state index in [2.05, 4.69) is 54.0 Å². The molecule has 0 aromatic heterocycles. The molecule has 25 heavy (non-hydrogen) atoms. The summed E-state index contributed by atoms with van der Waals surface area (Å²) in [6.45, 7) is 8.32. The van der Waals surface area contributed by atoms with Crippen molar-refractivity contribution in [1.82, 2.24) is 9.80 Å². The van der Waals surface area contributed by atoms with E-state index in [-0.39, 0.29) is 18.1 Å². The zero-order chi connectivity index (χ0) is 17.4. The molecule has 1 atom stereocenters. The van der Waals surface area contributed by atoms with Gasteiger partial charge in [-0.05, 0) is 64.1 Å². The number of rotatable bonds is 4. The molecule has 0 bridgehead atoms. The highest BCUT2D eigenvalue weighted by Crippen LogP contribution is 2.47. The molecule has 2 aliphatic heterocycles. The van der Waals surface area contributed by atoms with Gasteiger partial charge in [-0.3, -0.25) is 9.69 Å². The van der Waals surface area contributed by atoms with Crippen LogP contribution in [0, 0.1) is 5.92 Å². The Morgan fingerprint density at radius 1 is 1.16 bits per heavy atom. The van der Waals surface area contributed by atoms with E-state index in [0.29, 0.717) is 5.92 Å². The number of carbonyl (C=O) groups is 1. The highest BCUT2D eigenvalue weighted by Gasteiger charge is 2.58. The van der Waals surface area contributed by atoms with E-state index in [1.165, 1.54) is 18.4 Å². The fourth-order valence-corrected chi connectivity index (χ4v) is 4.38. The Labute approximate surface area is 151 Å². The largest absolute Gasteiger partial charge is 0.360 e. The maximum atomic E-state index is 12.6. The summed E-state index contributed by atoms with van der Waals surface area (Å²) in [7, 11) is 0. The van der Waals surface area contributed by atoms with Crippen molar-refractivity contribution in [2.45, 2.75) is 63.8 Å². The first-order valence-electron chi connectivity index (χ1n) is 9.82. The molecule has 0 radical (unpaired) electrons. The topological polar surface area (TPSA) is 32.8 Å². The summed E-state index contributed by atoms with van der Waals surface area (Å²) < 4.78 is 6.36. The molecule has 4 heteroatoms. The first kappa shape index (κ1) is 17.0. The van der Waals surface area contributed by atoms with E-state index in [4.69, 9.17) is 4.74 Å². The van der Waals surface area contributed by atoms with Crippen LogP contribution in [0.1, 0.15) is 45.1 Å². The second-order valence-electron chi connectivity index (χ2n) is 8.30. The number of hydrogen-bond acceptors (Lipinski definition) is 3. The quantitative estimate of drug-likeness (QED) is 0.843. The zero-order valence-corrected chi connectivity index (χ0v) is 15.5. The summed E-state index contributed by atoms with van der Waals surface area (Å²) >= 11 is 0. The summed E-state index contributed by atoms with van der Waals surface area (Å²) in [5.41, 5.74) is 0.942. The average molecular weight is 342 g/mol. The number of likely N-dealkylation sites (tertiary alicyclic amines) is 1. The number of hydrogen-bond donors (Lipinski definition) is 0. The minimum atomic E-state index is -0.450. The maximum Gasteiger partial charge on any atom is 0.255 e. The summed E-state index contributed by atoms with van der Waals surface area (Å²) in [5, 5.41) is 0. The molecular weight excluding hydrogens is 312 g/mol. The Morgan fingerprint density at radius 3 is 2.44 bits per heavy atom. The van der Waals surface area contributed by atoms with Crippen molar-refractivity contribution >= 4 is 5.91 Å². The summed E-state index contributed by atoms with van der Waals surface area (Å²) in [6, 6.07) is 11.0. The molecule has 2 saturated heterocycles. The van der Waals surface area contributed by atoms with Crippen LogP contribution in [0.3, 0.4) is 0 Å². The van der Waals surface area contributed by atoms with E-state index in [1.807, 2.05) is 0 Å². The van der Waals surface area contributed by atoms with Gasteiger partial charge in [0.15, 0.2) is 0 Å². The minimum absolute atomic E-state index is 0.224. The van der Waals surface area contributed by atoms with Gasteiger partial charge in [0.25, 0.3) is 5.91 Å². The van der Waals surface area contributed by atoms with E-state index in [1.54, 1.807) is 0 Å². The third-order valence-electron chi connectivity index (χ3n) is 6.14. The number of amides is 1. The fraction of sp³-hybridized carbons (Fsp3) is 0.667. The molecule has 1 spiro atoms. The van der Waals surface area contributed by atoms with Gasteiger partial charge >= 0.3 is 0 Å². The molecular formula is C21H30N2O2. The van der Waals surface area contributed by atoms with Gasteiger partial charge in [0.05, 0.1) is 6.10 Å². The van der Waals surface area contributed by atoms with Gasteiger partial charge in [0.2, 0.25) is 0 Å². The van der Waals surface area contributed by atoms with E-state index < -0.39 is 5.60 Å². The zero-order valence-electron chi connectivity index (χ0n) is 15.5. The number of ether oxygens (including phenoxy) is 1. The molecule has 1 saturated carbocycles. The van der Waals surface area contributed by atoms with Gasteiger partial charge in [-0.2, -0.15) is 0 Å². The lowest BCUT2D eigenvalue weighted by atomic mass is 9.89. The van der Waals surface area contributed by atoms with Crippen molar-refractivity contribution in [1.29, 1.82) is 0 Å². The summed E-state index contributed by atoms with van der Waals surface area (Å²) in [6.07, 6.45) is 4.40. The molecule has 4 nitrogen and oxygen atoms in total. The van der Waals surface area contributed by atoms with Crippen molar-refractivity contribution in [3.8, 4) is 0 Å². The smallest absolute Gasteiger partial charge is 0.255 e. The Hall–Kier alpha value is -1.39. The molecule has 3 aliphatic rings. The Balaban J connectivity index is 1.35. The van der Waals surface area contributed by atoms with Gasteiger partial charge < -0.3 is 9.64 Å². The predicted octanol–water partition coefficient (Wildman–Crippen LogP) is 3.07. The first-order valence-corrected chi connectivity index (χ1v) is 9.82. The van der Waals surface area contributed by atoms with Crippen LogP contribution < -0.4 is 0 Å². The lowest BCUT2D eigenvalue weighted by Crippen LogP contribution is -2.58. The fourth-order valence-electron chi connectivity index (χ4n) is 4.38. The number of piperidine rings is 1. The number of benzene rings is 1. The molecule has 4 rings (SSSR count). The monoisotopic (exact) mass is 342 g/mol. The highest BCUT2D eigenvalue weighted by molar-refractivity contribution is 5.89. The van der Waals surface area contributed by atoms with E-state index in [9.17, 15) is 4.79 Å². The minimum Gasteiger partial charge on any atom is -0.360 e. The molecule has 1 aromatic carbocycles. The number of morpholine rings is 1.